The Bertz CT molecular complexity index is 238. The molecule has 0 N–H and O–H groups in total. The first-order valence-electron chi connectivity index (χ1n) is 3.78. The van der Waals surface area contributed by atoms with Crippen LogP contribution in [0, 0.1) is 23.2 Å². The van der Waals surface area contributed by atoms with E-state index < -0.39 is 0 Å². The molecule has 0 aliphatic heterocycles. The highest BCUT2D eigenvalue weighted by molar-refractivity contribution is 5.35. The van der Waals surface area contributed by atoms with E-state index in [1.54, 1.807) is 0 Å². The fraction of sp³-hybridized carbons (Fsp3) is 0.400. The average Bonchev–Trinajstić information content (AvgIpc) is 2.06. The molecule has 0 atom stereocenters. The number of hydrogen-bond acceptors (Lipinski definition) is 1. The predicted octanol–water partition coefficient (Wildman–Crippen LogP) is 2.63. The zero-order valence-electron chi connectivity index (χ0n) is 6.96. The van der Waals surface area contributed by atoms with Gasteiger partial charge in [-0.3, -0.25) is 0 Å². The quantitative estimate of drug-likeness (QED) is 0.558. The van der Waals surface area contributed by atoms with Crippen molar-refractivity contribution in [2.75, 3.05) is 0 Å². The fourth-order valence-electron chi connectivity index (χ4n) is 1.04. The summed E-state index contributed by atoms with van der Waals surface area (Å²) in [4.78, 5) is 0. The highest BCUT2D eigenvalue weighted by atomic mass is 14.3. The molecule has 0 saturated carbocycles. The van der Waals surface area contributed by atoms with Gasteiger partial charge in [-0.1, -0.05) is 18.2 Å². The zero-order chi connectivity index (χ0) is 8.32. The van der Waals surface area contributed by atoms with E-state index in [-0.39, 0.29) is 5.41 Å². The van der Waals surface area contributed by atoms with Gasteiger partial charge in [0, 0.05) is 0 Å². The average molecular weight is 146 g/mol. The molecule has 0 aromatic heterocycles. The molecule has 0 fully saturated rings. The van der Waals surface area contributed by atoms with E-state index in [1.807, 2.05) is 26.0 Å². The summed E-state index contributed by atoms with van der Waals surface area (Å²) < 4.78 is 0. The van der Waals surface area contributed by atoms with Crippen molar-refractivity contribution < 1.29 is 0 Å². The Hall–Kier alpha value is -1.03. The second kappa shape index (κ2) is 2.92. The molecule has 0 aromatic carbocycles. The first-order valence-corrected chi connectivity index (χ1v) is 3.78. The Balaban J connectivity index is 2.84. The molecule has 1 nitrogen and oxygen atoms in total. The number of rotatable bonds is 1. The second-order valence-corrected chi connectivity index (χ2v) is 3.23. The summed E-state index contributed by atoms with van der Waals surface area (Å²) in [6.07, 6.45) is 9.15. The normalized spacial score (nSPS) is 17.4. The Morgan fingerprint density at radius 2 is 2.27 bits per heavy atom. The lowest BCUT2D eigenvalue weighted by molar-refractivity contribution is 0.608. The van der Waals surface area contributed by atoms with Gasteiger partial charge < -0.3 is 0 Å². The van der Waals surface area contributed by atoms with E-state index in [0.29, 0.717) is 0 Å². The van der Waals surface area contributed by atoms with Gasteiger partial charge in [0.1, 0.15) is 0 Å². The van der Waals surface area contributed by atoms with Gasteiger partial charge in [0.2, 0.25) is 0 Å². The smallest absolute Gasteiger partial charge is 0.0763 e. The standard InChI is InChI=1S/C10H12N/c1-10(2,8-11)9-6-4-3-5-7-9/h3-4,6-7H,5H2,1-2H3. The Morgan fingerprint density at radius 3 is 2.73 bits per heavy atom. The highest BCUT2D eigenvalue weighted by Gasteiger charge is 2.20. The molecule has 1 aliphatic carbocycles. The van der Waals surface area contributed by atoms with Gasteiger partial charge in [-0.25, -0.2) is 0 Å². The minimum absolute atomic E-state index is 0.329. The summed E-state index contributed by atoms with van der Waals surface area (Å²) in [5.41, 5.74) is 0.799. The first kappa shape index (κ1) is 8.07. The predicted molar refractivity (Wildman–Crippen MR) is 45.5 cm³/mol. The molecule has 0 unspecified atom stereocenters. The van der Waals surface area contributed by atoms with Crippen LogP contribution in [0.15, 0.2) is 23.8 Å². The van der Waals surface area contributed by atoms with Crippen molar-refractivity contribution in [3.8, 4) is 6.07 Å². The number of nitrogens with zero attached hydrogens (tertiary/aromatic N) is 1. The molecule has 1 aliphatic rings. The fourth-order valence-corrected chi connectivity index (χ4v) is 1.04. The maximum absolute atomic E-state index is 8.81. The van der Waals surface area contributed by atoms with Crippen molar-refractivity contribution in [2.45, 2.75) is 20.3 Å². The van der Waals surface area contributed by atoms with Crippen LogP contribution in [-0.2, 0) is 0 Å². The lowest BCUT2D eigenvalue weighted by Crippen LogP contribution is -2.11. The lowest BCUT2D eigenvalue weighted by Gasteiger charge is -2.18. The SMILES string of the molecule is CC(C)(C#N)C1=CC[CH]C=C1. The monoisotopic (exact) mass is 146 g/mol. The summed E-state index contributed by atoms with van der Waals surface area (Å²) in [5, 5.41) is 8.81. The maximum Gasteiger partial charge on any atom is 0.0763 e. The van der Waals surface area contributed by atoms with Gasteiger partial charge in [-0.05, 0) is 32.3 Å². The van der Waals surface area contributed by atoms with Crippen LogP contribution < -0.4 is 0 Å². The maximum atomic E-state index is 8.81. The van der Waals surface area contributed by atoms with Crippen LogP contribution >= 0.6 is 0 Å². The number of nitriles is 1. The molecule has 0 bridgehead atoms. The third-order valence-corrected chi connectivity index (χ3v) is 1.89. The highest BCUT2D eigenvalue weighted by Crippen LogP contribution is 2.28. The van der Waals surface area contributed by atoms with E-state index in [2.05, 4.69) is 18.6 Å². The zero-order valence-corrected chi connectivity index (χ0v) is 6.96. The molecule has 0 heterocycles. The van der Waals surface area contributed by atoms with Crippen LogP contribution in [0.1, 0.15) is 20.3 Å². The minimum atomic E-state index is -0.329. The summed E-state index contributed by atoms with van der Waals surface area (Å²) >= 11 is 0. The van der Waals surface area contributed by atoms with Crippen molar-refractivity contribution in [3.05, 3.63) is 30.2 Å². The molecule has 1 radical (unpaired) electrons. The summed E-state index contributed by atoms with van der Waals surface area (Å²) in [7, 11) is 0. The first-order chi connectivity index (χ1) is 5.17. The largest absolute Gasteiger partial charge is 0.197 e. The Labute approximate surface area is 68.0 Å². The number of allylic oxidation sites excluding steroid dienone is 4. The summed E-state index contributed by atoms with van der Waals surface area (Å²) in [6, 6.07) is 2.28. The molecule has 1 heteroatoms. The van der Waals surface area contributed by atoms with Crippen molar-refractivity contribution >= 4 is 0 Å². The van der Waals surface area contributed by atoms with Gasteiger partial charge in [0.15, 0.2) is 0 Å². The molecule has 1 rings (SSSR count). The van der Waals surface area contributed by atoms with Crippen molar-refractivity contribution in [2.24, 2.45) is 5.41 Å². The third-order valence-electron chi connectivity index (χ3n) is 1.89. The van der Waals surface area contributed by atoms with Gasteiger partial charge in [0.25, 0.3) is 0 Å². The molecule has 0 spiro atoms. The van der Waals surface area contributed by atoms with Crippen molar-refractivity contribution in [1.29, 1.82) is 5.26 Å². The van der Waals surface area contributed by atoms with Gasteiger partial charge in [0.05, 0.1) is 11.5 Å². The van der Waals surface area contributed by atoms with E-state index in [1.165, 1.54) is 0 Å². The molecular weight excluding hydrogens is 134 g/mol. The molecule has 11 heavy (non-hydrogen) atoms. The van der Waals surface area contributed by atoms with Crippen molar-refractivity contribution in [1.82, 2.24) is 0 Å². The Kier molecular flexibility index (Phi) is 2.14. The molecule has 57 valence electrons. The molecule has 0 saturated heterocycles. The van der Waals surface area contributed by atoms with Crippen LogP contribution in [0.5, 0.6) is 0 Å². The van der Waals surface area contributed by atoms with Gasteiger partial charge >= 0.3 is 0 Å². The lowest BCUT2D eigenvalue weighted by atomic mass is 9.83. The number of hydrogen-bond donors (Lipinski definition) is 0. The van der Waals surface area contributed by atoms with E-state index in [4.69, 9.17) is 5.26 Å². The van der Waals surface area contributed by atoms with Crippen LogP contribution in [0.2, 0.25) is 0 Å². The molecule has 0 amide bonds. The van der Waals surface area contributed by atoms with E-state index >= 15 is 0 Å². The molecule has 0 aromatic rings. The minimum Gasteiger partial charge on any atom is -0.197 e. The summed E-state index contributed by atoms with van der Waals surface area (Å²) in [6.45, 7) is 3.88. The Morgan fingerprint density at radius 1 is 1.55 bits per heavy atom. The van der Waals surface area contributed by atoms with Crippen LogP contribution in [0.3, 0.4) is 0 Å². The van der Waals surface area contributed by atoms with Gasteiger partial charge in [-0.15, -0.1) is 0 Å². The van der Waals surface area contributed by atoms with Crippen LogP contribution in [0.25, 0.3) is 0 Å². The van der Waals surface area contributed by atoms with Crippen LogP contribution in [-0.4, -0.2) is 0 Å². The van der Waals surface area contributed by atoms with Crippen molar-refractivity contribution in [3.63, 3.8) is 0 Å². The molecular formula is C10H12N. The van der Waals surface area contributed by atoms with E-state index in [0.717, 1.165) is 12.0 Å². The van der Waals surface area contributed by atoms with Crippen LogP contribution in [0.4, 0.5) is 0 Å². The second-order valence-electron chi connectivity index (χ2n) is 3.23. The topological polar surface area (TPSA) is 23.8 Å². The summed E-state index contributed by atoms with van der Waals surface area (Å²) in [5.74, 6) is 0. The van der Waals surface area contributed by atoms with E-state index in [9.17, 15) is 0 Å². The van der Waals surface area contributed by atoms with Gasteiger partial charge in [-0.2, -0.15) is 5.26 Å². The third kappa shape index (κ3) is 1.71.